The summed E-state index contributed by atoms with van der Waals surface area (Å²) in [5.41, 5.74) is 2.93. The van der Waals surface area contributed by atoms with Crippen molar-refractivity contribution < 1.29 is 14.3 Å². The number of methoxy groups -OCH3 is 1. The zero-order valence-corrected chi connectivity index (χ0v) is 18.6. The third-order valence-electron chi connectivity index (χ3n) is 7.09. The Morgan fingerprint density at radius 1 is 1.16 bits per heavy atom. The molecular weight excluding hydrogens is 400 g/mol. The van der Waals surface area contributed by atoms with Gasteiger partial charge in [-0.3, -0.25) is 9.78 Å². The molecule has 0 aliphatic carbocycles. The lowest BCUT2D eigenvalue weighted by molar-refractivity contribution is -0.123. The van der Waals surface area contributed by atoms with Crippen molar-refractivity contribution in [1.82, 2.24) is 9.88 Å². The van der Waals surface area contributed by atoms with Crippen LogP contribution in [0.4, 0.5) is 0 Å². The van der Waals surface area contributed by atoms with E-state index in [0.717, 1.165) is 74.0 Å². The number of carbonyl (C=O) groups is 1. The number of ether oxygens (including phenoxy) is 2. The van der Waals surface area contributed by atoms with Crippen molar-refractivity contribution in [2.45, 2.75) is 37.7 Å². The van der Waals surface area contributed by atoms with Crippen molar-refractivity contribution in [3.63, 3.8) is 0 Å². The molecule has 0 saturated carbocycles. The van der Waals surface area contributed by atoms with E-state index in [1.54, 1.807) is 13.3 Å². The summed E-state index contributed by atoms with van der Waals surface area (Å²) in [4.78, 5) is 19.5. The van der Waals surface area contributed by atoms with Gasteiger partial charge in [0.05, 0.1) is 18.2 Å². The Labute approximate surface area is 189 Å². The average Bonchev–Trinajstić information content (AvgIpc) is 2.84. The van der Waals surface area contributed by atoms with E-state index in [1.165, 1.54) is 5.56 Å². The van der Waals surface area contributed by atoms with E-state index in [1.807, 2.05) is 47.4 Å². The fourth-order valence-electron chi connectivity index (χ4n) is 5.26. The highest BCUT2D eigenvalue weighted by molar-refractivity contribution is 5.98. The lowest BCUT2D eigenvalue weighted by Gasteiger charge is -2.46. The number of hydrogen-bond donors (Lipinski definition) is 0. The molecule has 2 fully saturated rings. The summed E-state index contributed by atoms with van der Waals surface area (Å²) in [5, 5.41) is 1.00. The number of aromatic nitrogens is 1. The maximum Gasteiger partial charge on any atom is 0.253 e. The highest BCUT2D eigenvalue weighted by Gasteiger charge is 2.41. The van der Waals surface area contributed by atoms with Crippen LogP contribution in [0.5, 0.6) is 5.75 Å². The summed E-state index contributed by atoms with van der Waals surface area (Å²) >= 11 is 0. The van der Waals surface area contributed by atoms with E-state index in [9.17, 15) is 4.79 Å². The second-order valence-electron chi connectivity index (χ2n) is 9.15. The molecule has 5 heteroatoms. The van der Waals surface area contributed by atoms with E-state index >= 15 is 0 Å². The Balaban J connectivity index is 1.21. The highest BCUT2D eigenvalue weighted by Crippen LogP contribution is 2.39. The zero-order valence-electron chi connectivity index (χ0n) is 18.6. The van der Waals surface area contributed by atoms with Gasteiger partial charge < -0.3 is 14.4 Å². The second kappa shape index (κ2) is 8.91. The standard InChI is InChI=1S/C27H30N2O3/c1-31-24-7-4-20(5-8-24)17-21-10-16-32-27(19-21)11-14-29(15-12-27)26(30)23-6-9-25-22(18-23)3-2-13-28-25/h2-9,13,18,21H,10-12,14-17,19H2,1H3. The molecule has 2 aliphatic heterocycles. The molecule has 2 saturated heterocycles. The summed E-state index contributed by atoms with van der Waals surface area (Å²) < 4.78 is 11.6. The van der Waals surface area contributed by atoms with Crippen molar-refractivity contribution in [3.05, 3.63) is 71.9 Å². The van der Waals surface area contributed by atoms with Gasteiger partial charge in [-0.25, -0.2) is 0 Å². The van der Waals surface area contributed by atoms with Crippen LogP contribution in [0.3, 0.4) is 0 Å². The van der Waals surface area contributed by atoms with Crippen LogP contribution in [0.2, 0.25) is 0 Å². The fraction of sp³-hybridized carbons (Fsp3) is 0.407. The summed E-state index contributed by atoms with van der Waals surface area (Å²) in [7, 11) is 1.70. The molecule has 5 nitrogen and oxygen atoms in total. The molecule has 1 spiro atoms. The second-order valence-corrected chi connectivity index (χ2v) is 9.15. The number of amides is 1. The smallest absolute Gasteiger partial charge is 0.253 e. The topological polar surface area (TPSA) is 51.7 Å². The number of carbonyl (C=O) groups excluding carboxylic acids is 1. The summed E-state index contributed by atoms with van der Waals surface area (Å²) in [6.45, 7) is 2.31. The van der Waals surface area contributed by atoms with Gasteiger partial charge >= 0.3 is 0 Å². The molecule has 0 bridgehead atoms. The van der Waals surface area contributed by atoms with Crippen molar-refractivity contribution in [2.75, 3.05) is 26.8 Å². The van der Waals surface area contributed by atoms with Crippen LogP contribution >= 0.6 is 0 Å². The van der Waals surface area contributed by atoms with Crippen LogP contribution in [0.15, 0.2) is 60.8 Å². The minimum atomic E-state index is -0.0839. The molecule has 0 N–H and O–H groups in total. The molecule has 1 unspecified atom stereocenters. The SMILES string of the molecule is COc1ccc(CC2CCOC3(CCN(C(=O)c4ccc5ncccc5c4)CC3)C2)cc1. The average molecular weight is 431 g/mol. The molecule has 1 atom stereocenters. The van der Waals surface area contributed by atoms with E-state index in [4.69, 9.17) is 9.47 Å². The molecule has 0 radical (unpaired) electrons. The van der Waals surface area contributed by atoms with Crippen LogP contribution in [0.1, 0.15) is 41.6 Å². The Kier molecular flexibility index (Phi) is 5.83. The van der Waals surface area contributed by atoms with Crippen LogP contribution in [0, 0.1) is 5.92 Å². The molecule has 3 heterocycles. The van der Waals surface area contributed by atoms with Gasteiger partial charge in [0, 0.05) is 36.8 Å². The Bertz CT molecular complexity index is 1090. The maximum absolute atomic E-state index is 13.1. The summed E-state index contributed by atoms with van der Waals surface area (Å²) in [5.74, 6) is 1.63. The van der Waals surface area contributed by atoms with Crippen molar-refractivity contribution in [3.8, 4) is 5.75 Å². The van der Waals surface area contributed by atoms with E-state index in [-0.39, 0.29) is 11.5 Å². The molecule has 2 aliphatic rings. The number of piperidine rings is 1. The van der Waals surface area contributed by atoms with Gasteiger partial charge in [0.25, 0.3) is 5.91 Å². The number of nitrogens with zero attached hydrogens (tertiary/aromatic N) is 2. The summed E-state index contributed by atoms with van der Waals surface area (Å²) in [6, 6.07) is 18.1. The van der Waals surface area contributed by atoms with Gasteiger partial charge in [-0.1, -0.05) is 18.2 Å². The first kappa shape index (κ1) is 21.0. The third-order valence-corrected chi connectivity index (χ3v) is 7.09. The Morgan fingerprint density at radius 2 is 1.97 bits per heavy atom. The fourth-order valence-corrected chi connectivity index (χ4v) is 5.26. The van der Waals surface area contributed by atoms with E-state index in [0.29, 0.717) is 5.92 Å². The lowest BCUT2D eigenvalue weighted by atomic mass is 9.77. The summed E-state index contributed by atoms with van der Waals surface area (Å²) in [6.07, 6.45) is 6.84. The minimum Gasteiger partial charge on any atom is -0.497 e. The molecule has 5 rings (SSSR count). The van der Waals surface area contributed by atoms with Gasteiger partial charge in [0.2, 0.25) is 0 Å². The minimum absolute atomic E-state index is 0.0839. The Hall–Kier alpha value is -2.92. The molecule has 2 aromatic carbocycles. The quantitative estimate of drug-likeness (QED) is 0.592. The number of pyridine rings is 1. The predicted octanol–water partition coefficient (Wildman–Crippen LogP) is 4.89. The van der Waals surface area contributed by atoms with Crippen molar-refractivity contribution in [1.29, 1.82) is 0 Å². The molecule has 32 heavy (non-hydrogen) atoms. The normalized spacial score (nSPS) is 20.4. The van der Waals surface area contributed by atoms with Gasteiger partial charge in [0.1, 0.15) is 5.75 Å². The number of rotatable bonds is 4. The zero-order chi connectivity index (χ0) is 22.0. The van der Waals surface area contributed by atoms with Gasteiger partial charge in [0.15, 0.2) is 0 Å². The number of hydrogen-bond acceptors (Lipinski definition) is 4. The van der Waals surface area contributed by atoms with Crippen molar-refractivity contribution in [2.24, 2.45) is 5.92 Å². The van der Waals surface area contributed by atoms with Crippen molar-refractivity contribution >= 4 is 16.8 Å². The van der Waals surface area contributed by atoms with Crippen LogP contribution in [-0.2, 0) is 11.2 Å². The number of fused-ring (bicyclic) bond motifs is 1. The molecule has 3 aromatic rings. The highest BCUT2D eigenvalue weighted by atomic mass is 16.5. The van der Waals surface area contributed by atoms with Gasteiger partial charge in [-0.2, -0.15) is 0 Å². The largest absolute Gasteiger partial charge is 0.497 e. The monoisotopic (exact) mass is 430 g/mol. The van der Waals surface area contributed by atoms with Crippen LogP contribution in [0.25, 0.3) is 10.9 Å². The van der Waals surface area contributed by atoms with E-state index < -0.39 is 0 Å². The predicted molar refractivity (Wildman–Crippen MR) is 125 cm³/mol. The maximum atomic E-state index is 13.1. The van der Waals surface area contributed by atoms with Crippen LogP contribution in [-0.4, -0.2) is 48.2 Å². The molecule has 166 valence electrons. The number of benzene rings is 2. The first-order valence-electron chi connectivity index (χ1n) is 11.6. The third kappa shape index (κ3) is 4.35. The first-order valence-corrected chi connectivity index (χ1v) is 11.6. The molecule has 1 amide bonds. The lowest BCUT2D eigenvalue weighted by Crippen LogP contribution is -2.51. The molecular formula is C27H30N2O3. The molecule has 1 aromatic heterocycles. The van der Waals surface area contributed by atoms with Crippen LogP contribution < -0.4 is 4.74 Å². The first-order chi connectivity index (χ1) is 15.6. The Morgan fingerprint density at radius 3 is 2.75 bits per heavy atom. The number of likely N-dealkylation sites (tertiary alicyclic amines) is 1. The van der Waals surface area contributed by atoms with Gasteiger partial charge in [-0.15, -0.1) is 0 Å². The van der Waals surface area contributed by atoms with E-state index in [2.05, 4.69) is 17.1 Å². The van der Waals surface area contributed by atoms with Gasteiger partial charge in [-0.05, 0) is 80.0 Å².